The van der Waals surface area contributed by atoms with E-state index in [1.54, 1.807) is 24.3 Å². The van der Waals surface area contributed by atoms with E-state index in [-0.39, 0.29) is 22.6 Å². The topological polar surface area (TPSA) is 98.0 Å². The lowest BCUT2D eigenvalue weighted by Gasteiger charge is -2.37. The van der Waals surface area contributed by atoms with E-state index in [0.717, 1.165) is 19.4 Å². The number of rotatable bonds is 5. The van der Waals surface area contributed by atoms with E-state index in [9.17, 15) is 14.0 Å². The lowest BCUT2D eigenvalue weighted by Crippen LogP contribution is -2.49. The number of hydrogen-bond acceptors (Lipinski definition) is 5. The van der Waals surface area contributed by atoms with Gasteiger partial charge in [-0.1, -0.05) is 6.07 Å². The number of piperidine rings is 1. The molecule has 35 heavy (non-hydrogen) atoms. The maximum Gasteiger partial charge on any atom is 0.280 e. The second-order valence-corrected chi connectivity index (χ2v) is 9.39. The van der Waals surface area contributed by atoms with Crippen molar-refractivity contribution in [2.75, 3.05) is 20.1 Å². The minimum Gasteiger partial charge on any atom is -0.337 e. The van der Waals surface area contributed by atoms with E-state index in [2.05, 4.69) is 22.0 Å². The van der Waals surface area contributed by atoms with Gasteiger partial charge in [0.2, 0.25) is 0 Å². The number of likely N-dealkylation sites (tertiary alicyclic amines) is 1. The Hall–Kier alpha value is -3.77. The molecule has 1 atom stereocenters. The first kappa shape index (κ1) is 23.0. The number of nitrogens with zero attached hydrogens (tertiary/aromatic N) is 5. The van der Waals surface area contributed by atoms with Crippen molar-refractivity contribution >= 4 is 5.91 Å². The number of likely N-dealkylation sites (N-methyl/N-ethyl adjacent to an activating group) is 1. The summed E-state index contributed by atoms with van der Waals surface area (Å²) in [5, 5.41) is 11.9. The van der Waals surface area contributed by atoms with Gasteiger partial charge in [0.25, 0.3) is 11.5 Å². The molecule has 1 aliphatic heterocycles. The Bertz CT molecular complexity index is 1370. The summed E-state index contributed by atoms with van der Waals surface area (Å²) in [6.45, 7) is 2.98. The van der Waals surface area contributed by atoms with E-state index in [1.165, 1.54) is 42.9 Å². The third-order valence-electron chi connectivity index (χ3n) is 7.17. The smallest absolute Gasteiger partial charge is 0.280 e. The van der Waals surface area contributed by atoms with Gasteiger partial charge in [0.05, 0.1) is 16.7 Å². The first-order valence-electron chi connectivity index (χ1n) is 11.9. The molecule has 0 unspecified atom stereocenters. The molecule has 2 aromatic heterocycles. The van der Waals surface area contributed by atoms with Crippen molar-refractivity contribution in [1.29, 1.82) is 5.26 Å². The first-order valence-corrected chi connectivity index (χ1v) is 11.9. The lowest BCUT2D eigenvalue weighted by molar-refractivity contribution is 0.0600. The van der Waals surface area contributed by atoms with E-state index >= 15 is 0 Å². The average molecular weight is 475 g/mol. The standard InChI is InChI=1S/C26H27FN6O2/c1-16-21(9-5-17(12-28)24(16)27)22-14-30-33(26(22)35)23-10-6-18(13-29-23)25(34)32-11-3-4-20(15-32)31(2)19-7-8-19/h5-6,9-10,13-14,19-20,30H,3-4,7-8,11,15H2,1-2H3/t20-/m1/s1. The van der Waals surface area contributed by atoms with Crippen molar-refractivity contribution in [3.63, 3.8) is 0 Å². The molecule has 2 fully saturated rings. The van der Waals surface area contributed by atoms with Gasteiger partial charge in [0, 0.05) is 37.6 Å². The molecule has 1 N–H and O–H groups in total. The number of amides is 1. The minimum atomic E-state index is -0.638. The number of nitriles is 1. The molecule has 180 valence electrons. The molecular weight excluding hydrogens is 447 g/mol. The van der Waals surface area contributed by atoms with Crippen LogP contribution in [0.5, 0.6) is 0 Å². The zero-order chi connectivity index (χ0) is 24.7. The molecule has 1 aliphatic carbocycles. The van der Waals surface area contributed by atoms with Gasteiger partial charge in [0.15, 0.2) is 5.82 Å². The van der Waals surface area contributed by atoms with Gasteiger partial charge < -0.3 is 4.90 Å². The summed E-state index contributed by atoms with van der Waals surface area (Å²) in [7, 11) is 2.16. The molecule has 2 aliphatic rings. The Morgan fingerprint density at radius 2 is 2.00 bits per heavy atom. The number of carbonyl (C=O) groups is 1. The van der Waals surface area contributed by atoms with Gasteiger partial charge in [-0.15, -0.1) is 0 Å². The number of carbonyl (C=O) groups excluding carboxylic acids is 1. The SMILES string of the molecule is Cc1c(-c2c[nH]n(-c3ccc(C(=O)N4CCC[C@@H](N(C)C5CC5)C4)cn3)c2=O)ccc(C#N)c1F. The fourth-order valence-electron chi connectivity index (χ4n) is 4.88. The molecule has 0 spiro atoms. The fraction of sp³-hybridized carbons (Fsp3) is 0.385. The van der Waals surface area contributed by atoms with Crippen LogP contribution in [0.1, 0.15) is 47.2 Å². The summed E-state index contributed by atoms with van der Waals surface area (Å²) < 4.78 is 15.7. The van der Waals surface area contributed by atoms with Crippen LogP contribution in [0, 0.1) is 24.1 Å². The van der Waals surface area contributed by atoms with Gasteiger partial charge >= 0.3 is 0 Å². The summed E-state index contributed by atoms with van der Waals surface area (Å²) in [6, 6.07) is 9.08. The van der Waals surface area contributed by atoms with Crippen molar-refractivity contribution in [2.24, 2.45) is 0 Å². The van der Waals surface area contributed by atoms with E-state index < -0.39 is 11.4 Å². The van der Waals surface area contributed by atoms with Crippen LogP contribution in [0.25, 0.3) is 16.9 Å². The lowest BCUT2D eigenvalue weighted by atomic mass is 10.0. The highest BCUT2D eigenvalue weighted by Crippen LogP contribution is 2.30. The van der Waals surface area contributed by atoms with E-state index in [0.29, 0.717) is 35.6 Å². The average Bonchev–Trinajstić information content (AvgIpc) is 3.67. The summed E-state index contributed by atoms with van der Waals surface area (Å²) in [5.74, 6) is -0.364. The maximum absolute atomic E-state index is 14.4. The normalized spacial score (nSPS) is 18.0. The molecule has 1 aromatic carbocycles. The fourth-order valence-corrected chi connectivity index (χ4v) is 4.88. The van der Waals surface area contributed by atoms with E-state index in [1.807, 2.05) is 4.90 Å². The predicted molar refractivity (Wildman–Crippen MR) is 129 cm³/mol. The Labute approximate surface area is 202 Å². The van der Waals surface area contributed by atoms with Crippen LogP contribution in [-0.4, -0.2) is 62.7 Å². The first-order chi connectivity index (χ1) is 16.9. The van der Waals surface area contributed by atoms with E-state index in [4.69, 9.17) is 5.26 Å². The van der Waals surface area contributed by atoms with Gasteiger partial charge in [-0.05, 0) is 69.0 Å². The third kappa shape index (κ3) is 4.26. The molecule has 1 saturated heterocycles. The van der Waals surface area contributed by atoms with Crippen LogP contribution >= 0.6 is 0 Å². The number of halogens is 1. The largest absolute Gasteiger partial charge is 0.337 e. The van der Waals surface area contributed by atoms with Crippen LogP contribution in [0.3, 0.4) is 0 Å². The molecule has 0 radical (unpaired) electrons. The van der Waals surface area contributed by atoms with Gasteiger partial charge in [0.1, 0.15) is 11.9 Å². The summed E-state index contributed by atoms with van der Waals surface area (Å²) in [4.78, 5) is 34.8. The molecule has 5 rings (SSSR count). The molecule has 9 heteroatoms. The predicted octanol–water partition coefficient (Wildman–Crippen LogP) is 3.25. The van der Waals surface area contributed by atoms with Crippen LogP contribution in [-0.2, 0) is 0 Å². The number of aromatic amines is 1. The summed E-state index contributed by atoms with van der Waals surface area (Å²) in [5.41, 5.74) is 0.923. The molecule has 0 bridgehead atoms. The second-order valence-electron chi connectivity index (χ2n) is 9.39. The van der Waals surface area contributed by atoms with Gasteiger partial charge in [-0.25, -0.2) is 14.1 Å². The Kier molecular flexibility index (Phi) is 5.99. The monoisotopic (exact) mass is 474 g/mol. The van der Waals surface area contributed by atoms with Crippen molar-refractivity contribution in [2.45, 2.75) is 44.7 Å². The molecular formula is C26H27FN6O2. The zero-order valence-corrected chi connectivity index (χ0v) is 19.8. The van der Waals surface area contributed by atoms with Crippen LogP contribution in [0.2, 0.25) is 0 Å². The van der Waals surface area contributed by atoms with Crippen molar-refractivity contribution in [3.8, 4) is 23.0 Å². The second kappa shape index (κ2) is 9.12. The number of pyridine rings is 1. The number of hydrogen-bond donors (Lipinski definition) is 1. The maximum atomic E-state index is 14.4. The van der Waals surface area contributed by atoms with Crippen LogP contribution in [0.15, 0.2) is 41.5 Å². The van der Waals surface area contributed by atoms with Gasteiger partial charge in [-0.2, -0.15) is 5.26 Å². The zero-order valence-electron chi connectivity index (χ0n) is 19.8. The highest BCUT2D eigenvalue weighted by Gasteiger charge is 2.34. The molecule has 3 heterocycles. The van der Waals surface area contributed by atoms with Crippen molar-refractivity contribution < 1.29 is 9.18 Å². The Balaban J connectivity index is 1.35. The highest BCUT2D eigenvalue weighted by molar-refractivity contribution is 5.94. The Morgan fingerprint density at radius 3 is 2.69 bits per heavy atom. The third-order valence-corrected chi connectivity index (χ3v) is 7.17. The number of benzene rings is 1. The highest BCUT2D eigenvalue weighted by atomic mass is 19.1. The molecule has 1 amide bonds. The minimum absolute atomic E-state index is 0.0545. The summed E-state index contributed by atoms with van der Waals surface area (Å²) in [6.07, 6.45) is 7.55. The Morgan fingerprint density at radius 1 is 1.20 bits per heavy atom. The molecule has 1 saturated carbocycles. The molecule has 3 aromatic rings. The van der Waals surface area contributed by atoms with Gasteiger partial charge in [-0.3, -0.25) is 19.6 Å². The quantitative estimate of drug-likeness (QED) is 0.612. The number of H-pyrrole nitrogens is 1. The molecule has 8 nitrogen and oxygen atoms in total. The van der Waals surface area contributed by atoms with Crippen molar-refractivity contribution in [3.05, 3.63) is 69.5 Å². The number of aromatic nitrogens is 3. The van der Waals surface area contributed by atoms with Crippen LogP contribution < -0.4 is 5.56 Å². The summed E-state index contributed by atoms with van der Waals surface area (Å²) >= 11 is 0. The number of nitrogens with one attached hydrogen (secondary N) is 1. The van der Waals surface area contributed by atoms with Crippen LogP contribution in [0.4, 0.5) is 4.39 Å². The van der Waals surface area contributed by atoms with Crippen molar-refractivity contribution in [1.82, 2.24) is 24.6 Å².